The fourth-order valence-electron chi connectivity index (χ4n) is 1.95. The van der Waals surface area contributed by atoms with Crippen molar-refractivity contribution in [3.8, 4) is 6.07 Å². The summed E-state index contributed by atoms with van der Waals surface area (Å²) in [5, 5.41) is 12.3. The lowest BCUT2D eigenvalue weighted by Crippen LogP contribution is -2.29. The summed E-state index contributed by atoms with van der Waals surface area (Å²) in [5.41, 5.74) is 5.20. The summed E-state index contributed by atoms with van der Waals surface area (Å²) in [6.45, 7) is 12.1. The van der Waals surface area contributed by atoms with Crippen LogP contribution in [0.5, 0.6) is 0 Å². The molecule has 98 valence electrons. The van der Waals surface area contributed by atoms with Gasteiger partial charge in [-0.3, -0.25) is 0 Å². The molecule has 0 aliphatic carbocycles. The van der Waals surface area contributed by atoms with Gasteiger partial charge in [0.2, 0.25) is 0 Å². The van der Waals surface area contributed by atoms with Gasteiger partial charge in [-0.2, -0.15) is 5.26 Å². The summed E-state index contributed by atoms with van der Waals surface area (Å²) in [6, 6.07) is 6.84. The highest BCUT2D eigenvalue weighted by molar-refractivity contribution is 5.36. The van der Waals surface area contributed by atoms with Gasteiger partial charge in [0.1, 0.15) is 0 Å². The number of aryl methyl sites for hydroxylation is 3. The molecule has 2 heteroatoms. The van der Waals surface area contributed by atoms with E-state index < -0.39 is 0 Å². The van der Waals surface area contributed by atoms with E-state index in [4.69, 9.17) is 5.26 Å². The van der Waals surface area contributed by atoms with Crippen LogP contribution in [0.3, 0.4) is 0 Å². The molecule has 0 aliphatic heterocycles. The van der Waals surface area contributed by atoms with Gasteiger partial charge in [0.05, 0.1) is 11.5 Å². The van der Waals surface area contributed by atoms with E-state index in [1.165, 1.54) is 22.3 Å². The molecule has 0 aliphatic rings. The molecule has 2 nitrogen and oxygen atoms in total. The standard InChI is InChI=1S/C16H24N2/c1-12-8-14(3)15(9-13(12)2)6-7-18-11-16(4,5)10-17/h8-9,18H,6-7,11H2,1-5H3. The van der Waals surface area contributed by atoms with Crippen molar-refractivity contribution in [2.24, 2.45) is 5.41 Å². The highest BCUT2D eigenvalue weighted by Crippen LogP contribution is 2.16. The molecule has 0 aromatic heterocycles. The van der Waals surface area contributed by atoms with Crippen molar-refractivity contribution in [2.45, 2.75) is 41.0 Å². The number of nitriles is 1. The quantitative estimate of drug-likeness (QED) is 0.807. The van der Waals surface area contributed by atoms with E-state index in [9.17, 15) is 0 Å². The second-order valence-electron chi connectivity index (χ2n) is 5.79. The summed E-state index contributed by atoms with van der Waals surface area (Å²) >= 11 is 0. The number of rotatable bonds is 5. The van der Waals surface area contributed by atoms with Crippen molar-refractivity contribution in [3.05, 3.63) is 34.4 Å². The van der Waals surface area contributed by atoms with Crippen LogP contribution in [0.15, 0.2) is 12.1 Å². The first-order valence-electron chi connectivity index (χ1n) is 6.54. The predicted octanol–water partition coefficient (Wildman–Crippen LogP) is 3.29. The molecule has 1 rings (SSSR count). The molecule has 0 unspecified atom stereocenters. The Kier molecular flexibility index (Phi) is 4.93. The molecule has 0 radical (unpaired) electrons. The number of hydrogen-bond donors (Lipinski definition) is 1. The Balaban J connectivity index is 2.50. The van der Waals surface area contributed by atoms with E-state index in [1.807, 2.05) is 13.8 Å². The average Bonchev–Trinajstić information content (AvgIpc) is 2.31. The van der Waals surface area contributed by atoms with E-state index in [1.54, 1.807) is 0 Å². The van der Waals surface area contributed by atoms with Gasteiger partial charge in [0, 0.05) is 6.54 Å². The lowest BCUT2D eigenvalue weighted by molar-refractivity contribution is 0.447. The number of nitrogens with zero attached hydrogens (tertiary/aromatic N) is 1. The smallest absolute Gasteiger partial charge is 0.0697 e. The minimum absolute atomic E-state index is 0.280. The fourth-order valence-corrected chi connectivity index (χ4v) is 1.95. The molecule has 0 amide bonds. The van der Waals surface area contributed by atoms with Crippen LogP contribution in [0.25, 0.3) is 0 Å². The van der Waals surface area contributed by atoms with Gasteiger partial charge in [0.15, 0.2) is 0 Å². The first kappa shape index (κ1) is 14.7. The topological polar surface area (TPSA) is 35.8 Å². The van der Waals surface area contributed by atoms with Crippen LogP contribution in [-0.2, 0) is 6.42 Å². The summed E-state index contributed by atoms with van der Waals surface area (Å²) in [6.07, 6.45) is 1.02. The Morgan fingerprint density at radius 1 is 1.11 bits per heavy atom. The first-order valence-corrected chi connectivity index (χ1v) is 6.54. The van der Waals surface area contributed by atoms with E-state index in [-0.39, 0.29) is 5.41 Å². The third kappa shape index (κ3) is 4.16. The second-order valence-corrected chi connectivity index (χ2v) is 5.79. The molecular formula is C16H24N2. The van der Waals surface area contributed by atoms with Crippen LogP contribution in [0, 0.1) is 37.5 Å². The van der Waals surface area contributed by atoms with Gasteiger partial charge in [-0.05, 0) is 69.8 Å². The van der Waals surface area contributed by atoms with Crippen molar-refractivity contribution < 1.29 is 0 Å². The number of hydrogen-bond acceptors (Lipinski definition) is 2. The van der Waals surface area contributed by atoms with E-state index >= 15 is 0 Å². The Bertz CT molecular complexity index is 453. The lowest BCUT2D eigenvalue weighted by Gasteiger charge is -2.16. The second kappa shape index (κ2) is 6.02. The maximum absolute atomic E-state index is 8.93. The Labute approximate surface area is 111 Å². The fraction of sp³-hybridized carbons (Fsp3) is 0.562. The molecule has 0 saturated heterocycles. The molecule has 0 heterocycles. The maximum Gasteiger partial charge on any atom is 0.0697 e. The lowest BCUT2D eigenvalue weighted by atomic mass is 9.95. The highest BCUT2D eigenvalue weighted by Gasteiger charge is 2.15. The largest absolute Gasteiger partial charge is 0.315 e. The SMILES string of the molecule is Cc1cc(C)c(CCNCC(C)(C)C#N)cc1C. The Morgan fingerprint density at radius 3 is 2.33 bits per heavy atom. The molecule has 1 aromatic rings. The monoisotopic (exact) mass is 244 g/mol. The van der Waals surface area contributed by atoms with Gasteiger partial charge in [-0.25, -0.2) is 0 Å². The first-order chi connectivity index (χ1) is 8.35. The molecule has 1 N–H and O–H groups in total. The average molecular weight is 244 g/mol. The van der Waals surface area contributed by atoms with Crippen molar-refractivity contribution >= 4 is 0 Å². The predicted molar refractivity (Wildman–Crippen MR) is 76.6 cm³/mol. The van der Waals surface area contributed by atoms with E-state index in [2.05, 4.69) is 44.3 Å². The highest BCUT2D eigenvalue weighted by atomic mass is 14.9. The third-order valence-electron chi connectivity index (χ3n) is 3.39. The van der Waals surface area contributed by atoms with Crippen molar-refractivity contribution in [2.75, 3.05) is 13.1 Å². The number of benzene rings is 1. The summed E-state index contributed by atoms with van der Waals surface area (Å²) in [7, 11) is 0. The summed E-state index contributed by atoms with van der Waals surface area (Å²) < 4.78 is 0. The zero-order valence-corrected chi connectivity index (χ0v) is 12.2. The Hall–Kier alpha value is -1.33. The number of nitrogens with one attached hydrogen (secondary N) is 1. The van der Waals surface area contributed by atoms with Gasteiger partial charge >= 0.3 is 0 Å². The van der Waals surface area contributed by atoms with Crippen molar-refractivity contribution in [3.63, 3.8) is 0 Å². The van der Waals surface area contributed by atoms with Gasteiger partial charge in [-0.15, -0.1) is 0 Å². The molecular weight excluding hydrogens is 220 g/mol. The molecule has 0 atom stereocenters. The molecule has 18 heavy (non-hydrogen) atoms. The summed E-state index contributed by atoms with van der Waals surface area (Å²) in [5.74, 6) is 0. The van der Waals surface area contributed by atoms with Crippen LogP contribution in [0.4, 0.5) is 0 Å². The van der Waals surface area contributed by atoms with E-state index in [0.29, 0.717) is 0 Å². The van der Waals surface area contributed by atoms with Crippen LogP contribution in [0.2, 0.25) is 0 Å². The van der Waals surface area contributed by atoms with Crippen LogP contribution in [-0.4, -0.2) is 13.1 Å². The minimum atomic E-state index is -0.280. The zero-order valence-electron chi connectivity index (χ0n) is 12.2. The van der Waals surface area contributed by atoms with E-state index in [0.717, 1.165) is 19.5 Å². The molecule has 1 aromatic carbocycles. The van der Waals surface area contributed by atoms with Gasteiger partial charge < -0.3 is 5.32 Å². The van der Waals surface area contributed by atoms with Gasteiger partial charge in [0.25, 0.3) is 0 Å². The normalized spacial score (nSPS) is 11.3. The molecule has 0 bridgehead atoms. The molecule has 0 spiro atoms. The van der Waals surface area contributed by atoms with Gasteiger partial charge in [-0.1, -0.05) is 12.1 Å². The summed E-state index contributed by atoms with van der Waals surface area (Å²) in [4.78, 5) is 0. The van der Waals surface area contributed by atoms with Crippen LogP contribution in [0.1, 0.15) is 36.1 Å². The maximum atomic E-state index is 8.93. The Morgan fingerprint density at radius 2 is 1.72 bits per heavy atom. The van der Waals surface area contributed by atoms with Crippen LogP contribution >= 0.6 is 0 Å². The zero-order chi connectivity index (χ0) is 13.8. The third-order valence-corrected chi connectivity index (χ3v) is 3.39. The van der Waals surface area contributed by atoms with Crippen molar-refractivity contribution in [1.29, 1.82) is 5.26 Å². The molecule has 0 fully saturated rings. The van der Waals surface area contributed by atoms with Crippen LogP contribution < -0.4 is 5.32 Å². The molecule has 0 saturated carbocycles. The van der Waals surface area contributed by atoms with Crippen molar-refractivity contribution in [1.82, 2.24) is 5.32 Å². The minimum Gasteiger partial charge on any atom is -0.315 e.